The number of aliphatic carboxylic acids is 1. The second-order valence-corrected chi connectivity index (χ2v) is 6.90. The molecule has 1 aliphatic rings. The normalized spacial score (nSPS) is 20.8. The number of carboxylic acids is 1. The Kier molecular flexibility index (Phi) is 5.35. The van der Waals surface area contributed by atoms with E-state index in [1.165, 1.54) is 6.07 Å². The number of carbonyl (C=O) groups excluding carboxylic acids is 1. The van der Waals surface area contributed by atoms with Crippen molar-refractivity contribution in [1.29, 1.82) is 0 Å². The van der Waals surface area contributed by atoms with Crippen molar-refractivity contribution in [2.45, 2.75) is 19.3 Å². The highest BCUT2D eigenvalue weighted by Gasteiger charge is 2.41. The summed E-state index contributed by atoms with van der Waals surface area (Å²) in [5, 5.41) is 9.57. The van der Waals surface area contributed by atoms with Crippen molar-refractivity contribution < 1.29 is 19.1 Å². The summed E-state index contributed by atoms with van der Waals surface area (Å²) >= 11 is 0. The molecule has 0 aliphatic carbocycles. The summed E-state index contributed by atoms with van der Waals surface area (Å²) < 4.78 is 13.8. The molecule has 0 aromatic heterocycles. The predicted molar refractivity (Wildman–Crippen MR) is 96.2 cm³/mol. The van der Waals surface area contributed by atoms with Gasteiger partial charge in [-0.3, -0.25) is 9.59 Å². The molecule has 1 aliphatic heterocycles. The van der Waals surface area contributed by atoms with E-state index < -0.39 is 17.8 Å². The number of hydrogen-bond acceptors (Lipinski definition) is 2. The first kappa shape index (κ1) is 18.1. The summed E-state index contributed by atoms with van der Waals surface area (Å²) in [6, 6.07) is 15.9. The average molecular weight is 355 g/mol. The summed E-state index contributed by atoms with van der Waals surface area (Å²) in [6.45, 7) is 2.33. The molecule has 0 bridgehead atoms. The van der Waals surface area contributed by atoms with Crippen LogP contribution in [0.1, 0.15) is 24.0 Å². The molecule has 26 heavy (non-hydrogen) atoms. The van der Waals surface area contributed by atoms with E-state index in [2.05, 4.69) is 0 Å². The second-order valence-electron chi connectivity index (χ2n) is 6.90. The van der Waals surface area contributed by atoms with Crippen LogP contribution in [0.2, 0.25) is 0 Å². The molecule has 1 amide bonds. The smallest absolute Gasteiger partial charge is 0.308 e. The number of halogens is 1. The van der Waals surface area contributed by atoms with E-state index in [0.717, 1.165) is 5.56 Å². The predicted octanol–water partition coefficient (Wildman–Crippen LogP) is 3.33. The zero-order chi connectivity index (χ0) is 18.7. The van der Waals surface area contributed by atoms with Crippen molar-refractivity contribution in [2.75, 3.05) is 13.1 Å². The first-order valence-corrected chi connectivity index (χ1v) is 8.77. The molecule has 5 heteroatoms. The van der Waals surface area contributed by atoms with Crippen LogP contribution in [0.25, 0.3) is 0 Å². The van der Waals surface area contributed by atoms with E-state index in [1.54, 1.807) is 30.0 Å². The van der Waals surface area contributed by atoms with Gasteiger partial charge in [-0.1, -0.05) is 55.5 Å². The summed E-state index contributed by atoms with van der Waals surface area (Å²) in [5.41, 5.74) is 1.43. The number of amides is 1. The van der Waals surface area contributed by atoms with Crippen molar-refractivity contribution >= 4 is 11.9 Å². The fraction of sp³-hybridized carbons (Fsp3) is 0.333. The highest BCUT2D eigenvalue weighted by Crippen LogP contribution is 2.33. The number of hydrogen-bond donors (Lipinski definition) is 1. The quantitative estimate of drug-likeness (QED) is 0.895. The lowest BCUT2D eigenvalue weighted by atomic mass is 9.89. The van der Waals surface area contributed by atoms with E-state index in [9.17, 15) is 19.1 Å². The fourth-order valence-electron chi connectivity index (χ4n) is 3.66. The van der Waals surface area contributed by atoms with Crippen LogP contribution < -0.4 is 0 Å². The molecule has 1 fully saturated rings. The van der Waals surface area contributed by atoms with Gasteiger partial charge in [-0.25, -0.2) is 4.39 Å². The maximum Gasteiger partial charge on any atom is 0.308 e. The van der Waals surface area contributed by atoms with Crippen molar-refractivity contribution in [3.63, 3.8) is 0 Å². The highest BCUT2D eigenvalue weighted by atomic mass is 19.1. The van der Waals surface area contributed by atoms with Crippen LogP contribution in [0.4, 0.5) is 4.39 Å². The van der Waals surface area contributed by atoms with Gasteiger partial charge in [0.15, 0.2) is 0 Å². The van der Waals surface area contributed by atoms with Crippen LogP contribution in [0.3, 0.4) is 0 Å². The number of likely N-dealkylation sites (tertiary alicyclic amines) is 1. The molecule has 3 unspecified atom stereocenters. The average Bonchev–Trinajstić information content (AvgIpc) is 3.09. The minimum atomic E-state index is -0.893. The van der Waals surface area contributed by atoms with Gasteiger partial charge in [-0.05, 0) is 23.6 Å². The Hall–Kier alpha value is -2.69. The van der Waals surface area contributed by atoms with Crippen LogP contribution >= 0.6 is 0 Å². The first-order chi connectivity index (χ1) is 12.5. The highest BCUT2D eigenvalue weighted by molar-refractivity contribution is 5.81. The summed E-state index contributed by atoms with van der Waals surface area (Å²) in [7, 11) is 0. The van der Waals surface area contributed by atoms with Crippen LogP contribution in [-0.2, 0) is 16.0 Å². The second kappa shape index (κ2) is 7.68. The number of carbonyl (C=O) groups is 2. The molecule has 2 aromatic rings. The lowest BCUT2D eigenvalue weighted by Crippen LogP contribution is -2.35. The van der Waals surface area contributed by atoms with E-state index in [0.29, 0.717) is 18.5 Å². The van der Waals surface area contributed by atoms with E-state index in [-0.39, 0.29) is 24.2 Å². The molecular formula is C21H22FNO3. The van der Waals surface area contributed by atoms with Crippen molar-refractivity contribution in [3.05, 3.63) is 71.5 Å². The van der Waals surface area contributed by atoms with Gasteiger partial charge >= 0.3 is 5.97 Å². The Morgan fingerprint density at radius 1 is 1.12 bits per heavy atom. The third kappa shape index (κ3) is 3.77. The van der Waals surface area contributed by atoms with Crippen molar-refractivity contribution in [2.24, 2.45) is 11.8 Å². The third-order valence-electron chi connectivity index (χ3n) is 5.08. The molecule has 0 saturated carbocycles. The molecule has 3 atom stereocenters. The lowest BCUT2D eigenvalue weighted by Gasteiger charge is -2.21. The van der Waals surface area contributed by atoms with Crippen molar-refractivity contribution in [3.8, 4) is 0 Å². The van der Waals surface area contributed by atoms with E-state index >= 15 is 0 Å². The lowest BCUT2D eigenvalue weighted by molar-refractivity contribution is -0.142. The van der Waals surface area contributed by atoms with Gasteiger partial charge in [0.25, 0.3) is 0 Å². The number of carboxylic acid groups (broad SMARTS) is 1. The zero-order valence-corrected chi connectivity index (χ0v) is 14.6. The van der Waals surface area contributed by atoms with Crippen LogP contribution in [0.5, 0.6) is 0 Å². The number of nitrogens with zero attached hydrogens (tertiary/aromatic N) is 1. The molecule has 1 N–H and O–H groups in total. The Bertz CT molecular complexity index is 793. The maximum absolute atomic E-state index is 13.8. The summed E-state index contributed by atoms with van der Waals surface area (Å²) in [4.78, 5) is 26.1. The molecule has 136 valence electrons. The summed E-state index contributed by atoms with van der Waals surface area (Å²) in [6.07, 6.45) is 0.301. The first-order valence-electron chi connectivity index (χ1n) is 8.77. The largest absolute Gasteiger partial charge is 0.481 e. The Morgan fingerprint density at radius 3 is 2.42 bits per heavy atom. The number of benzene rings is 2. The molecular weight excluding hydrogens is 333 g/mol. The van der Waals surface area contributed by atoms with Gasteiger partial charge < -0.3 is 10.0 Å². The Morgan fingerprint density at radius 2 is 1.77 bits per heavy atom. The molecule has 0 radical (unpaired) electrons. The Labute approximate surface area is 152 Å². The monoisotopic (exact) mass is 355 g/mol. The molecule has 1 heterocycles. The topological polar surface area (TPSA) is 57.6 Å². The van der Waals surface area contributed by atoms with Gasteiger partial charge in [0.1, 0.15) is 5.82 Å². The zero-order valence-electron chi connectivity index (χ0n) is 14.6. The fourth-order valence-corrected chi connectivity index (χ4v) is 3.66. The minimum absolute atomic E-state index is 0.127. The standard InChI is InChI=1S/C21H22FNO3/c1-14(11-16-9-5-6-10-19(16)22)20(24)23-12-17(18(13-23)21(25)26)15-7-3-2-4-8-15/h2-10,14,17-18H,11-13H2,1H3,(H,25,26). The molecule has 4 nitrogen and oxygen atoms in total. The van der Waals surface area contributed by atoms with Gasteiger partial charge in [0, 0.05) is 24.9 Å². The molecule has 1 saturated heterocycles. The van der Waals surface area contributed by atoms with E-state index in [4.69, 9.17) is 0 Å². The van der Waals surface area contributed by atoms with Crippen LogP contribution in [-0.4, -0.2) is 35.0 Å². The van der Waals surface area contributed by atoms with Crippen molar-refractivity contribution in [1.82, 2.24) is 4.90 Å². The van der Waals surface area contributed by atoms with Crippen LogP contribution in [0, 0.1) is 17.7 Å². The molecule has 2 aromatic carbocycles. The van der Waals surface area contributed by atoms with E-state index in [1.807, 2.05) is 30.3 Å². The SMILES string of the molecule is CC(Cc1ccccc1F)C(=O)N1CC(C(=O)O)C(c2ccccc2)C1. The van der Waals surface area contributed by atoms with Crippen LogP contribution in [0.15, 0.2) is 54.6 Å². The number of rotatable bonds is 5. The Balaban J connectivity index is 1.73. The molecule has 0 spiro atoms. The third-order valence-corrected chi connectivity index (χ3v) is 5.08. The maximum atomic E-state index is 13.8. The van der Waals surface area contributed by atoms with Gasteiger partial charge in [0.05, 0.1) is 5.92 Å². The van der Waals surface area contributed by atoms with Gasteiger partial charge in [0.2, 0.25) is 5.91 Å². The van der Waals surface area contributed by atoms with Gasteiger partial charge in [-0.15, -0.1) is 0 Å². The molecule has 3 rings (SSSR count). The summed E-state index contributed by atoms with van der Waals surface area (Å²) in [5.74, 6) is -2.59. The minimum Gasteiger partial charge on any atom is -0.481 e. The van der Waals surface area contributed by atoms with Gasteiger partial charge in [-0.2, -0.15) is 0 Å².